The number of aryl methyl sites for hydroxylation is 1. The van der Waals surface area contributed by atoms with Crippen LogP contribution in [-0.4, -0.2) is 38.2 Å². The van der Waals surface area contributed by atoms with Gasteiger partial charge in [-0.05, 0) is 54.9 Å². The number of carbonyl (C=O) groups excluding carboxylic acids is 2. The number of amides is 2. The van der Waals surface area contributed by atoms with E-state index >= 15 is 0 Å². The zero-order chi connectivity index (χ0) is 21.9. The van der Waals surface area contributed by atoms with Crippen molar-refractivity contribution in [2.75, 3.05) is 7.11 Å². The van der Waals surface area contributed by atoms with Crippen LogP contribution in [0.25, 0.3) is 0 Å². The molecule has 2 aromatic rings. The Kier molecular flexibility index (Phi) is 6.78. The summed E-state index contributed by atoms with van der Waals surface area (Å²) in [4.78, 5) is 27.7. The fraction of sp³-hybridized carbons (Fsp3) is 0.417. The maximum Gasteiger partial charge on any atom is 0.261 e. The molecule has 1 heterocycles. The van der Waals surface area contributed by atoms with Gasteiger partial charge >= 0.3 is 0 Å². The number of nitrogens with zero attached hydrogens (tertiary/aromatic N) is 1. The summed E-state index contributed by atoms with van der Waals surface area (Å²) < 4.78 is 11.8. The molecule has 0 unspecified atom stereocenters. The molecule has 1 saturated heterocycles. The van der Waals surface area contributed by atoms with Crippen LogP contribution in [0.2, 0.25) is 18.1 Å². The second-order valence-corrected chi connectivity index (χ2v) is 12.6. The van der Waals surface area contributed by atoms with E-state index in [1.54, 1.807) is 19.2 Å². The number of ether oxygens (including phenoxy) is 1. The van der Waals surface area contributed by atoms with Crippen molar-refractivity contribution in [2.24, 2.45) is 0 Å². The van der Waals surface area contributed by atoms with Crippen molar-refractivity contribution in [1.29, 1.82) is 0 Å². The maximum atomic E-state index is 13.2. The number of rotatable bonds is 8. The molecule has 1 fully saturated rings. The summed E-state index contributed by atoms with van der Waals surface area (Å²) in [5.41, 5.74) is 2.46. The first-order chi connectivity index (χ1) is 14.4. The molecular formula is C24H31NO4Si. The lowest BCUT2D eigenvalue weighted by Crippen LogP contribution is -2.64. The Labute approximate surface area is 180 Å². The normalized spacial score (nSPS) is 18.8. The number of imide groups is 1. The van der Waals surface area contributed by atoms with Crippen LogP contribution < -0.4 is 4.74 Å². The molecule has 6 heteroatoms. The summed E-state index contributed by atoms with van der Waals surface area (Å²) in [6.45, 7) is 8.39. The second-order valence-electron chi connectivity index (χ2n) is 7.88. The quantitative estimate of drug-likeness (QED) is 0.335. The Bertz CT molecular complexity index is 882. The fourth-order valence-corrected chi connectivity index (χ4v) is 6.80. The summed E-state index contributed by atoms with van der Waals surface area (Å²) >= 11 is 0. The smallest absolute Gasteiger partial charge is 0.261 e. The molecule has 1 aliphatic rings. The Morgan fingerprint density at radius 2 is 1.53 bits per heavy atom. The predicted octanol–water partition coefficient (Wildman–Crippen LogP) is 5.12. The van der Waals surface area contributed by atoms with Gasteiger partial charge in [-0.3, -0.25) is 14.5 Å². The standard InChI is InChI=1S/C24H31NO4Si/c1-6-30(7-2,8-3)29-22-21(18-13-15-20(28-5)16-14-18)25(24(22)27)23(26)19-11-9-17(4)10-12-19/h9-16,21-22H,6-8H2,1-5H3/t21-,22+/m0/s1. The van der Waals surface area contributed by atoms with E-state index in [9.17, 15) is 9.59 Å². The van der Waals surface area contributed by atoms with Crippen molar-refractivity contribution in [2.45, 2.75) is 58.0 Å². The summed E-state index contributed by atoms with van der Waals surface area (Å²) in [7, 11) is -0.403. The van der Waals surface area contributed by atoms with E-state index in [4.69, 9.17) is 9.16 Å². The Morgan fingerprint density at radius 3 is 2.03 bits per heavy atom. The predicted molar refractivity (Wildman–Crippen MR) is 120 cm³/mol. The molecule has 0 aromatic heterocycles. The number of β-lactam (4-membered cyclic amide) rings is 1. The van der Waals surface area contributed by atoms with Crippen molar-refractivity contribution < 1.29 is 18.8 Å². The summed E-state index contributed by atoms with van der Waals surface area (Å²) in [6, 6.07) is 17.3. The SMILES string of the molecule is CC[Si](CC)(CC)O[C@H]1C(=O)N(C(=O)c2ccc(C)cc2)[C@H]1c1ccc(OC)cc1. The van der Waals surface area contributed by atoms with E-state index in [-0.39, 0.29) is 11.8 Å². The number of hydrogen-bond acceptors (Lipinski definition) is 4. The minimum Gasteiger partial charge on any atom is -0.497 e. The molecule has 0 aliphatic carbocycles. The number of methoxy groups -OCH3 is 1. The first kappa shape index (κ1) is 22.2. The molecule has 1 aliphatic heterocycles. The van der Waals surface area contributed by atoms with Crippen LogP contribution in [0.1, 0.15) is 48.3 Å². The van der Waals surface area contributed by atoms with E-state index in [0.717, 1.165) is 35.0 Å². The largest absolute Gasteiger partial charge is 0.497 e. The molecule has 160 valence electrons. The third kappa shape index (κ3) is 4.07. The molecule has 0 N–H and O–H groups in total. The Hall–Kier alpha value is -2.44. The van der Waals surface area contributed by atoms with E-state index in [0.29, 0.717) is 5.56 Å². The van der Waals surface area contributed by atoms with Gasteiger partial charge in [0.05, 0.1) is 13.2 Å². The first-order valence-corrected chi connectivity index (χ1v) is 13.2. The average molecular weight is 426 g/mol. The lowest BCUT2D eigenvalue weighted by molar-refractivity contribution is -0.158. The number of carbonyl (C=O) groups is 2. The van der Waals surface area contributed by atoms with Crippen LogP contribution in [-0.2, 0) is 9.22 Å². The van der Waals surface area contributed by atoms with Gasteiger partial charge < -0.3 is 9.16 Å². The minimum absolute atomic E-state index is 0.242. The van der Waals surface area contributed by atoms with E-state index in [1.165, 1.54) is 4.90 Å². The lowest BCUT2D eigenvalue weighted by atomic mass is 9.89. The third-order valence-electron chi connectivity index (χ3n) is 6.33. The highest BCUT2D eigenvalue weighted by Crippen LogP contribution is 2.41. The molecular weight excluding hydrogens is 394 g/mol. The van der Waals surface area contributed by atoms with Gasteiger partial charge in [-0.2, -0.15) is 0 Å². The molecule has 2 atom stereocenters. The molecule has 0 radical (unpaired) electrons. The van der Waals surface area contributed by atoms with Gasteiger partial charge in [-0.25, -0.2) is 0 Å². The van der Waals surface area contributed by atoms with Crippen LogP contribution in [0.15, 0.2) is 48.5 Å². The number of hydrogen-bond donors (Lipinski definition) is 0. The van der Waals surface area contributed by atoms with E-state index in [1.807, 2.05) is 43.3 Å². The van der Waals surface area contributed by atoms with E-state index in [2.05, 4.69) is 20.8 Å². The van der Waals surface area contributed by atoms with Crippen molar-refractivity contribution >= 4 is 20.1 Å². The second kappa shape index (κ2) is 9.14. The molecule has 3 rings (SSSR count). The van der Waals surface area contributed by atoms with Gasteiger partial charge in [0.25, 0.3) is 11.8 Å². The maximum absolute atomic E-state index is 13.2. The highest BCUT2D eigenvalue weighted by atomic mass is 28.4. The van der Waals surface area contributed by atoms with Gasteiger partial charge in [0.15, 0.2) is 14.4 Å². The van der Waals surface area contributed by atoms with Gasteiger partial charge in [0, 0.05) is 5.56 Å². The van der Waals surface area contributed by atoms with Gasteiger partial charge in [-0.1, -0.05) is 50.6 Å². The molecule has 0 spiro atoms. The van der Waals surface area contributed by atoms with E-state index < -0.39 is 20.5 Å². The Balaban J connectivity index is 1.96. The Morgan fingerprint density at radius 1 is 0.967 bits per heavy atom. The van der Waals surface area contributed by atoms with Crippen molar-refractivity contribution in [3.8, 4) is 5.75 Å². The van der Waals surface area contributed by atoms with Crippen LogP contribution in [0.3, 0.4) is 0 Å². The monoisotopic (exact) mass is 425 g/mol. The lowest BCUT2D eigenvalue weighted by Gasteiger charge is -2.48. The third-order valence-corrected chi connectivity index (χ3v) is 11.0. The molecule has 2 amide bonds. The number of likely N-dealkylation sites (tertiary alicyclic amines) is 1. The van der Waals surface area contributed by atoms with Crippen LogP contribution in [0.5, 0.6) is 5.75 Å². The molecule has 0 bridgehead atoms. The van der Waals surface area contributed by atoms with Crippen LogP contribution in [0.4, 0.5) is 0 Å². The first-order valence-electron chi connectivity index (χ1n) is 10.7. The molecule has 30 heavy (non-hydrogen) atoms. The highest BCUT2D eigenvalue weighted by Gasteiger charge is 2.54. The van der Waals surface area contributed by atoms with Crippen molar-refractivity contribution in [1.82, 2.24) is 4.90 Å². The van der Waals surface area contributed by atoms with Crippen molar-refractivity contribution in [3.63, 3.8) is 0 Å². The average Bonchev–Trinajstić information content (AvgIpc) is 2.79. The molecule has 2 aromatic carbocycles. The van der Waals surface area contributed by atoms with Gasteiger partial charge in [-0.15, -0.1) is 0 Å². The zero-order valence-corrected chi connectivity index (χ0v) is 19.5. The topological polar surface area (TPSA) is 55.8 Å². The number of benzene rings is 2. The highest BCUT2D eigenvalue weighted by molar-refractivity contribution is 6.73. The fourth-order valence-electron chi connectivity index (χ4n) is 4.03. The van der Waals surface area contributed by atoms with Crippen LogP contribution in [0, 0.1) is 6.92 Å². The van der Waals surface area contributed by atoms with Gasteiger partial charge in [0.2, 0.25) is 0 Å². The zero-order valence-electron chi connectivity index (χ0n) is 18.5. The summed E-state index contributed by atoms with van der Waals surface area (Å²) in [6.07, 6.45) is -0.612. The summed E-state index contributed by atoms with van der Waals surface area (Å²) in [5, 5.41) is 0. The van der Waals surface area contributed by atoms with Crippen LogP contribution >= 0.6 is 0 Å². The molecule has 0 saturated carbocycles. The summed E-state index contributed by atoms with van der Waals surface area (Å²) in [5.74, 6) is 0.212. The van der Waals surface area contributed by atoms with Crippen molar-refractivity contribution in [3.05, 3.63) is 65.2 Å². The van der Waals surface area contributed by atoms with Gasteiger partial charge in [0.1, 0.15) is 5.75 Å². The molecule has 5 nitrogen and oxygen atoms in total. The minimum atomic E-state index is -2.02.